The van der Waals surface area contributed by atoms with E-state index in [-0.39, 0.29) is 10.9 Å². The molecule has 0 saturated carbocycles. The topological polar surface area (TPSA) is 85.4 Å². The van der Waals surface area contributed by atoms with Crippen molar-refractivity contribution in [2.24, 2.45) is 0 Å². The molecule has 0 atom stereocenters. The van der Waals surface area contributed by atoms with E-state index in [0.717, 1.165) is 10.2 Å². The molecular formula is C7H6N3O2S-. The number of nitrogens with two attached hydrogens (primary N) is 1. The molecule has 0 aliphatic heterocycles. The molecule has 0 aliphatic rings. The van der Waals surface area contributed by atoms with E-state index in [1.807, 2.05) is 0 Å². The first kappa shape index (κ1) is 8.24. The first-order valence-corrected chi connectivity index (χ1v) is 4.30. The van der Waals surface area contributed by atoms with Gasteiger partial charge in [0.25, 0.3) is 0 Å². The molecule has 6 heteroatoms. The number of hydrogen-bond donors (Lipinski definition) is 2. The van der Waals surface area contributed by atoms with E-state index < -0.39 is 0 Å². The maximum absolute atomic E-state index is 10.5. The molecule has 3 N–H and O–H groups in total. The van der Waals surface area contributed by atoms with Gasteiger partial charge < -0.3 is 16.2 Å². The monoisotopic (exact) mass is 196 g/mol. The zero-order valence-electron chi connectivity index (χ0n) is 6.47. The van der Waals surface area contributed by atoms with Crippen LogP contribution in [0, 0.1) is 5.21 Å². The van der Waals surface area contributed by atoms with Crippen molar-refractivity contribution in [2.45, 2.75) is 0 Å². The second kappa shape index (κ2) is 2.84. The molecule has 13 heavy (non-hydrogen) atoms. The number of benzene rings is 1. The first-order valence-electron chi connectivity index (χ1n) is 3.49. The maximum Gasteiger partial charge on any atom is 0.181 e. The Morgan fingerprint density at radius 3 is 3.00 bits per heavy atom. The minimum Gasteiger partial charge on any atom is -0.733 e. The molecule has 1 aromatic heterocycles. The highest BCUT2D eigenvalue weighted by molar-refractivity contribution is 7.22. The molecule has 0 aliphatic carbocycles. The van der Waals surface area contributed by atoms with E-state index in [1.165, 1.54) is 23.5 Å². The molecule has 0 unspecified atom stereocenters. The van der Waals surface area contributed by atoms with Gasteiger partial charge in [0.1, 0.15) is 0 Å². The molecule has 0 radical (unpaired) electrons. The summed E-state index contributed by atoms with van der Waals surface area (Å²) in [5.41, 5.74) is 6.38. The van der Waals surface area contributed by atoms with Crippen LogP contribution in [-0.2, 0) is 0 Å². The molecule has 0 spiro atoms. The van der Waals surface area contributed by atoms with Crippen LogP contribution in [0.15, 0.2) is 18.2 Å². The lowest BCUT2D eigenvalue weighted by molar-refractivity contribution is 0.296. The second-order valence-corrected chi connectivity index (χ2v) is 3.54. The van der Waals surface area contributed by atoms with Gasteiger partial charge >= 0.3 is 0 Å². The predicted octanol–water partition coefficient (Wildman–Crippen LogP) is 1.57. The molecular weight excluding hydrogens is 190 g/mol. The highest BCUT2D eigenvalue weighted by Gasteiger charge is 2.01. The molecule has 2 aromatic rings. The molecule has 0 fully saturated rings. The van der Waals surface area contributed by atoms with Crippen LogP contribution in [0.3, 0.4) is 0 Å². The van der Waals surface area contributed by atoms with Crippen molar-refractivity contribution >= 4 is 32.4 Å². The van der Waals surface area contributed by atoms with Gasteiger partial charge in [-0.3, -0.25) is 5.21 Å². The van der Waals surface area contributed by atoms with Crippen molar-refractivity contribution < 1.29 is 5.21 Å². The van der Waals surface area contributed by atoms with Crippen molar-refractivity contribution in [2.75, 3.05) is 11.0 Å². The Bertz CT molecular complexity index is 440. The van der Waals surface area contributed by atoms with Gasteiger partial charge in [-0.05, 0) is 18.2 Å². The molecule has 2 rings (SSSR count). The van der Waals surface area contributed by atoms with E-state index in [4.69, 9.17) is 10.9 Å². The summed E-state index contributed by atoms with van der Waals surface area (Å²) in [5.74, 6) is 0. The number of hydrogen-bond acceptors (Lipinski definition) is 6. The average molecular weight is 196 g/mol. The summed E-state index contributed by atoms with van der Waals surface area (Å²) < 4.78 is 0.782. The maximum atomic E-state index is 10.5. The van der Waals surface area contributed by atoms with Crippen molar-refractivity contribution in [3.8, 4) is 0 Å². The third kappa shape index (κ3) is 1.42. The Balaban J connectivity index is 2.61. The molecule has 0 amide bonds. The van der Waals surface area contributed by atoms with Crippen LogP contribution in [0.2, 0.25) is 0 Å². The van der Waals surface area contributed by atoms with Crippen molar-refractivity contribution in [3.63, 3.8) is 0 Å². The number of aromatic nitrogens is 1. The van der Waals surface area contributed by atoms with Gasteiger partial charge in [0.2, 0.25) is 0 Å². The number of rotatable bonds is 1. The van der Waals surface area contributed by atoms with Crippen molar-refractivity contribution in [1.82, 2.24) is 4.98 Å². The molecule has 0 bridgehead atoms. The van der Waals surface area contributed by atoms with Crippen LogP contribution >= 0.6 is 11.3 Å². The van der Waals surface area contributed by atoms with Gasteiger partial charge in [-0.15, -0.1) is 0 Å². The Kier molecular flexibility index (Phi) is 1.80. The van der Waals surface area contributed by atoms with Gasteiger partial charge in [0, 0.05) is 0 Å². The first-order chi connectivity index (χ1) is 6.16. The summed E-state index contributed by atoms with van der Waals surface area (Å²) in [6.07, 6.45) is 0. The summed E-state index contributed by atoms with van der Waals surface area (Å²) in [7, 11) is 0. The molecule has 5 nitrogen and oxygen atoms in total. The van der Waals surface area contributed by atoms with Crippen LogP contribution < -0.4 is 11.0 Å². The van der Waals surface area contributed by atoms with Crippen LogP contribution in [-0.4, -0.2) is 10.2 Å². The lowest BCUT2D eigenvalue weighted by Crippen LogP contribution is -2.06. The van der Waals surface area contributed by atoms with E-state index in [0.29, 0.717) is 5.13 Å². The van der Waals surface area contributed by atoms with Crippen LogP contribution in [0.4, 0.5) is 10.8 Å². The fourth-order valence-electron chi connectivity index (χ4n) is 1.05. The standard InChI is InChI=1S/C7H6N3O2S/c8-7-9-5-2-1-4(10(11)12)3-6(5)13-7/h1-3,11H,(H2,8,9)/q-1. The Morgan fingerprint density at radius 1 is 1.54 bits per heavy atom. The predicted molar refractivity (Wildman–Crippen MR) is 51.7 cm³/mol. The highest BCUT2D eigenvalue weighted by atomic mass is 32.1. The fraction of sp³-hybridized carbons (Fsp3) is 0. The van der Waals surface area contributed by atoms with Crippen LogP contribution in [0.5, 0.6) is 0 Å². The van der Waals surface area contributed by atoms with E-state index in [9.17, 15) is 5.21 Å². The number of nitrogens with zero attached hydrogens (tertiary/aromatic N) is 2. The summed E-state index contributed by atoms with van der Waals surface area (Å²) in [5, 5.41) is 19.4. The third-order valence-electron chi connectivity index (χ3n) is 1.61. The summed E-state index contributed by atoms with van der Waals surface area (Å²) in [6.45, 7) is 0. The SMILES string of the molecule is Nc1nc2ccc(N([O-])O)cc2s1. The van der Waals surface area contributed by atoms with Crippen LogP contribution in [0.1, 0.15) is 0 Å². The van der Waals surface area contributed by atoms with Gasteiger partial charge in [-0.1, -0.05) is 11.3 Å². The number of nitrogen functional groups attached to an aromatic ring is 1. The Hall–Kier alpha value is -1.37. The molecule has 0 saturated heterocycles. The molecule has 1 aromatic carbocycles. The number of anilines is 2. The van der Waals surface area contributed by atoms with E-state index >= 15 is 0 Å². The van der Waals surface area contributed by atoms with Crippen molar-refractivity contribution in [3.05, 3.63) is 23.4 Å². The second-order valence-electron chi connectivity index (χ2n) is 2.48. The average Bonchev–Trinajstić information content (AvgIpc) is 2.42. The van der Waals surface area contributed by atoms with Crippen molar-refractivity contribution in [1.29, 1.82) is 0 Å². The summed E-state index contributed by atoms with van der Waals surface area (Å²) >= 11 is 1.27. The fourth-order valence-corrected chi connectivity index (χ4v) is 1.82. The normalized spacial score (nSPS) is 10.6. The lowest BCUT2D eigenvalue weighted by Gasteiger charge is -2.20. The van der Waals surface area contributed by atoms with Gasteiger partial charge in [0.05, 0.1) is 15.9 Å². The molecule has 1 heterocycles. The zero-order valence-corrected chi connectivity index (χ0v) is 7.28. The minimum absolute atomic E-state index is 0.177. The zero-order chi connectivity index (χ0) is 9.42. The summed E-state index contributed by atoms with van der Waals surface area (Å²) in [4.78, 5) is 4.01. The molecule has 68 valence electrons. The van der Waals surface area contributed by atoms with Gasteiger partial charge in [-0.2, -0.15) is 0 Å². The highest BCUT2D eigenvalue weighted by Crippen LogP contribution is 2.27. The quantitative estimate of drug-likeness (QED) is 0.676. The largest absolute Gasteiger partial charge is 0.733 e. The van der Waals surface area contributed by atoms with E-state index in [1.54, 1.807) is 6.07 Å². The number of thiazole rings is 1. The minimum atomic E-state index is -0.185. The van der Waals surface area contributed by atoms with Gasteiger partial charge in [-0.25, -0.2) is 4.98 Å². The Morgan fingerprint density at radius 2 is 2.31 bits per heavy atom. The summed E-state index contributed by atoms with van der Waals surface area (Å²) in [6, 6.07) is 4.66. The third-order valence-corrected chi connectivity index (χ3v) is 2.46. The number of fused-ring (bicyclic) bond motifs is 1. The Labute approximate surface area is 77.6 Å². The lowest BCUT2D eigenvalue weighted by atomic mass is 10.3. The van der Waals surface area contributed by atoms with Gasteiger partial charge in [0.15, 0.2) is 5.13 Å². The van der Waals surface area contributed by atoms with E-state index in [2.05, 4.69) is 4.98 Å². The van der Waals surface area contributed by atoms with Crippen LogP contribution in [0.25, 0.3) is 10.2 Å². The smallest absolute Gasteiger partial charge is 0.181 e.